The van der Waals surface area contributed by atoms with E-state index in [4.69, 9.17) is 11.6 Å². The van der Waals surface area contributed by atoms with Crippen molar-refractivity contribution in [3.63, 3.8) is 0 Å². The summed E-state index contributed by atoms with van der Waals surface area (Å²) < 4.78 is 0. The lowest BCUT2D eigenvalue weighted by atomic mass is 10.2. The number of benzene rings is 1. The van der Waals surface area contributed by atoms with Gasteiger partial charge in [-0.3, -0.25) is 4.79 Å². The lowest BCUT2D eigenvalue weighted by molar-refractivity contribution is -0.118. The van der Waals surface area contributed by atoms with E-state index in [0.717, 1.165) is 17.7 Å². The summed E-state index contributed by atoms with van der Waals surface area (Å²) >= 11 is 6.03. The normalized spacial score (nSPS) is 10.4. The van der Waals surface area contributed by atoms with Gasteiger partial charge in [-0.15, -0.1) is 5.10 Å². The van der Waals surface area contributed by atoms with Crippen LogP contribution in [0.4, 0.5) is 17.3 Å². The second-order valence-electron chi connectivity index (χ2n) is 5.98. The maximum atomic E-state index is 10.9. The van der Waals surface area contributed by atoms with Crippen molar-refractivity contribution < 1.29 is 4.79 Å². The first-order valence-electron chi connectivity index (χ1n) is 8.77. The van der Waals surface area contributed by atoms with E-state index in [9.17, 15) is 4.79 Å². The van der Waals surface area contributed by atoms with E-state index in [1.807, 2.05) is 36.4 Å². The van der Waals surface area contributed by atoms with Gasteiger partial charge in [-0.05, 0) is 30.7 Å². The summed E-state index contributed by atoms with van der Waals surface area (Å²) in [7, 11) is 0. The van der Waals surface area contributed by atoms with Gasteiger partial charge in [0.25, 0.3) is 0 Å². The summed E-state index contributed by atoms with van der Waals surface area (Å²) in [6.45, 7) is 2.74. The van der Waals surface area contributed by atoms with Gasteiger partial charge in [0, 0.05) is 42.4 Å². The van der Waals surface area contributed by atoms with E-state index in [1.165, 1.54) is 13.3 Å². The maximum absolute atomic E-state index is 10.9. The summed E-state index contributed by atoms with van der Waals surface area (Å²) in [5.74, 6) is 1.22. The monoisotopic (exact) mass is 397 g/mol. The second-order valence-corrected chi connectivity index (χ2v) is 6.42. The van der Waals surface area contributed by atoms with Gasteiger partial charge < -0.3 is 16.0 Å². The van der Waals surface area contributed by atoms with Crippen LogP contribution in [0.3, 0.4) is 0 Å². The highest BCUT2D eigenvalue weighted by Crippen LogP contribution is 2.26. The molecule has 2 heterocycles. The van der Waals surface area contributed by atoms with Crippen molar-refractivity contribution in [2.75, 3.05) is 23.7 Å². The first kappa shape index (κ1) is 19.5. The van der Waals surface area contributed by atoms with Gasteiger partial charge in [0.1, 0.15) is 12.1 Å². The Labute approximate surface area is 167 Å². The molecule has 2 aromatic heterocycles. The third kappa shape index (κ3) is 5.62. The molecule has 0 saturated heterocycles. The zero-order valence-electron chi connectivity index (χ0n) is 15.3. The fourth-order valence-corrected chi connectivity index (χ4v) is 2.71. The number of carbonyl (C=O) groups excluding carboxylic acids is 1. The Hall–Kier alpha value is -3.26. The molecule has 9 heteroatoms. The van der Waals surface area contributed by atoms with Crippen LogP contribution in [0.25, 0.3) is 11.3 Å². The predicted octanol–water partition coefficient (Wildman–Crippen LogP) is 3.27. The number of aromatic nitrogens is 4. The summed E-state index contributed by atoms with van der Waals surface area (Å²) in [6.07, 6.45) is 3.87. The third-order valence-electron chi connectivity index (χ3n) is 3.78. The first-order valence-corrected chi connectivity index (χ1v) is 9.14. The Morgan fingerprint density at radius 1 is 1.14 bits per heavy atom. The third-order valence-corrected chi connectivity index (χ3v) is 4.02. The number of nitrogens with zero attached hydrogens (tertiary/aromatic N) is 4. The molecule has 0 unspecified atom stereocenters. The van der Waals surface area contributed by atoms with E-state index < -0.39 is 0 Å². The molecule has 3 rings (SSSR count). The number of hydrogen-bond donors (Lipinski definition) is 3. The molecule has 3 N–H and O–H groups in total. The number of hydrogen-bond acceptors (Lipinski definition) is 7. The number of halogens is 1. The van der Waals surface area contributed by atoms with Crippen LogP contribution in [0, 0.1) is 0 Å². The quantitative estimate of drug-likeness (QED) is 0.501. The first-order chi connectivity index (χ1) is 13.6. The number of nitrogens with one attached hydrogen (secondary N) is 3. The number of amides is 1. The van der Waals surface area contributed by atoms with Crippen molar-refractivity contribution in [2.24, 2.45) is 0 Å². The fraction of sp³-hybridized carbons (Fsp3) is 0.211. The van der Waals surface area contributed by atoms with Crippen LogP contribution in [0.15, 0.2) is 48.9 Å². The van der Waals surface area contributed by atoms with E-state index in [0.29, 0.717) is 35.4 Å². The van der Waals surface area contributed by atoms with Gasteiger partial charge in [-0.1, -0.05) is 17.7 Å². The van der Waals surface area contributed by atoms with Crippen LogP contribution in [0.2, 0.25) is 5.02 Å². The average Bonchev–Trinajstić information content (AvgIpc) is 2.68. The molecule has 0 saturated carbocycles. The van der Waals surface area contributed by atoms with Crippen molar-refractivity contribution >= 4 is 34.8 Å². The fourth-order valence-electron chi connectivity index (χ4n) is 2.52. The molecule has 0 bridgehead atoms. The zero-order chi connectivity index (χ0) is 19.8. The zero-order valence-corrected chi connectivity index (χ0v) is 16.1. The lowest BCUT2D eigenvalue weighted by Gasteiger charge is -2.11. The van der Waals surface area contributed by atoms with Gasteiger partial charge in [0.2, 0.25) is 5.91 Å². The van der Waals surface area contributed by atoms with E-state index in [1.54, 1.807) is 6.20 Å². The van der Waals surface area contributed by atoms with Gasteiger partial charge in [0.15, 0.2) is 5.82 Å². The molecule has 0 aliphatic heterocycles. The molecular weight excluding hydrogens is 378 g/mol. The van der Waals surface area contributed by atoms with Gasteiger partial charge in [-0.2, -0.15) is 5.10 Å². The molecular formula is C19H20ClN7O. The minimum Gasteiger partial charge on any atom is -0.368 e. The van der Waals surface area contributed by atoms with Crippen LogP contribution in [0.1, 0.15) is 13.3 Å². The van der Waals surface area contributed by atoms with Gasteiger partial charge >= 0.3 is 0 Å². The van der Waals surface area contributed by atoms with Crippen LogP contribution >= 0.6 is 11.6 Å². The minimum absolute atomic E-state index is 0.0408. The molecule has 1 amide bonds. The highest BCUT2D eigenvalue weighted by Gasteiger charge is 2.09. The molecule has 28 heavy (non-hydrogen) atoms. The summed E-state index contributed by atoms with van der Waals surface area (Å²) in [6, 6.07) is 11.1. The molecule has 0 aliphatic rings. The van der Waals surface area contributed by atoms with E-state index >= 15 is 0 Å². The molecule has 8 nitrogen and oxygen atoms in total. The Morgan fingerprint density at radius 3 is 2.86 bits per heavy atom. The van der Waals surface area contributed by atoms with Crippen LogP contribution in [0.5, 0.6) is 0 Å². The Morgan fingerprint density at radius 2 is 2.04 bits per heavy atom. The van der Waals surface area contributed by atoms with Crippen LogP contribution in [-0.2, 0) is 4.79 Å². The summed E-state index contributed by atoms with van der Waals surface area (Å²) in [5.41, 5.74) is 2.35. The largest absolute Gasteiger partial charge is 0.368 e. The molecule has 144 valence electrons. The number of anilines is 3. The standard InChI is InChI=1S/C19H20ClN7O/c1-13(28)21-7-3-8-22-19-16(6-9-25-27-19)17-11-18(24-12-23-17)26-15-5-2-4-14(20)10-15/h2,4-6,9-12H,3,7-8H2,1H3,(H,21,28)(H,22,27)(H,23,24,26). The molecule has 1 aromatic carbocycles. The van der Waals surface area contributed by atoms with Crippen molar-refractivity contribution in [3.8, 4) is 11.3 Å². The van der Waals surface area contributed by atoms with Crippen molar-refractivity contribution in [2.45, 2.75) is 13.3 Å². The van der Waals surface area contributed by atoms with Gasteiger partial charge in [-0.25, -0.2) is 9.97 Å². The minimum atomic E-state index is -0.0408. The lowest BCUT2D eigenvalue weighted by Crippen LogP contribution is -2.22. The highest BCUT2D eigenvalue weighted by molar-refractivity contribution is 6.30. The Bertz CT molecular complexity index is 951. The second kappa shape index (κ2) is 9.61. The van der Waals surface area contributed by atoms with Crippen LogP contribution in [-0.4, -0.2) is 39.2 Å². The van der Waals surface area contributed by atoms with Crippen molar-refractivity contribution in [1.29, 1.82) is 0 Å². The highest BCUT2D eigenvalue weighted by atomic mass is 35.5. The molecule has 0 aliphatic carbocycles. The number of carbonyl (C=O) groups is 1. The average molecular weight is 398 g/mol. The topological polar surface area (TPSA) is 105 Å². The molecule has 0 atom stereocenters. The summed E-state index contributed by atoms with van der Waals surface area (Å²) in [4.78, 5) is 19.5. The van der Waals surface area contributed by atoms with Gasteiger partial charge in [0.05, 0.1) is 11.9 Å². The van der Waals surface area contributed by atoms with E-state index in [-0.39, 0.29) is 5.91 Å². The van der Waals surface area contributed by atoms with Crippen molar-refractivity contribution in [3.05, 3.63) is 53.9 Å². The maximum Gasteiger partial charge on any atom is 0.216 e. The SMILES string of the molecule is CC(=O)NCCCNc1nnccc1-c1cc(Nc2cccc(Cl)c2)ncn1. The molecule has 3 aromatic rings. The Kier molecular flexibility index (Phi) is 6.69. The van der Waals surface area contributed by atoms with Crippen LogP contribution < -0.4 is 16.0 Å². The predicted molar refractivity (Wildman–Crippen MR) is 110 cm³/mol. The Balaban J connectivity index is 1.72. The summed E-state index contributed by atoms with van der Waals surface area (Å²) in [5, 5.41) is 18.0. The molecule has 0 radical (unpaired) electrons. The molecule has 0 fully saturated rings. The van der Waals surface area contributed by atoms with Crippen molar-refractivity contribution in [1.82, 2.24) is 25.5 Å². The smallest absolute Gasteiger partial charge is 0.216 e. The van der Waals surface area contributed by atoms with E-state index in [2.05, 4.69) is 36.1 Å². The number of rotatable bonds is 8. The molecule has 0 spiro atoms.